The summed E-state index contributed by atoms with van der Waals surface area (Å²) in [5.74, 6) is 0.909. The van der Waals surface area contributed by atoms with Crippen LogP contribution in [0.2, 0.25) is 0 Å². The van der Waals surface area contributed by atoms with Crippen LogP contribution in [0.25, 0.3) is 0 Å². The molecule has 4 nitrogen and oxygen atoms in total. The number of morpholine rings is 1. The summed E-state index contributed by atoms with van der Waals surface area (Å²) in [5, 5.41) is 3.76. The van der Waals surface area contributed by atoms with Crippen LogP contribution in [-0.2, 0) is 11.3 Å². The van der Waals surface area contributed by atoms with E-state index in [4.69, 9.17) is 9.26 Å². The Morgan fingerprint density at radius 2 is 2.20 bits per heavy atom. The largest absolute Gasteiger partial charge is 0.371 e. The number of hydrogen-bond donors (Lipinski definition) is 0. The molecule has 106 valence electrons. The summed E-state index contributed by atoms with van der Waals surface area (Å²) in [7, 11) is 0. The summed E-state index contributed by atoms with van der Waals surface area (Å²) < 4.78 is 11.1. The van der Waals surface area contributed by atoms with E-state index in [0.717, 1.165) is 32.0 Å². The second-order valence-corrected chi connectivity index (χ2v) is 5.43. The van der Waals surface area contributed by atoms with Crippen LogP contribution in [0.5, 0.6) is 0 Å². The van der Waals surface area contributed by atoms with E-state index in [1.54, 1.807) is 6.20 Å². The van der Waals surface area contributed by atoms with Gasteiger partial charge in [-0.15, -0.1) is 0 Å². The molecule has 1 atom stereocenters. The zero-order valence-electron chi connectivity index (χ0n) is 12.0. The van der Waals surface area contributed by atoms with Crippen molar-refractivity contribution in [1.29, 1.82) is 0 Å². The minimum absolute atomic E-state index is 0.146. The van der Waals surface area contributed by atoms with Gasteiger partial charge in [-0.1, -0.05) is 28.9 Å². The molecule has 2 heterocycles. The van der Waals surface area contributed by atoms with Gasteiger partial charge in [-0.05, 0) is 25.0 Å². The van der Waals surface area contributed by atoms with E-state index >= 15 is 0 Å². The van der Waals surface area contributed by atoms with Gasteiger partial charge in [0, 0.05) is 19.2 Å². The molecular weight excluding hydrogens is 252 g/mol. The minimum atomic E-state index is 0.146. The molecule has 1 aromatic heterocycles. The molecule has 0 amide bonds. The van der Waals surface area contributed by atoms with Gasteiger partial charge in [0.15, 0.2) is 5.76 Å². The first-order valence-electron chi connectivity index (χ1n) is 7.03. The molecule has 20 heavy (non-hydrogen) atoms. The molecule has 1 aromatic carbocycles. The Hall–Kier alpha value is -1.65. The van der Waals surface area contributed by atoms with Gasteiger partial charge in [-0.2, -0.15) is 0 Å². The smallest absolute Gasteiger partial charge is 0.150 e. The van der Waals surface area contributed by atoms with E-state index < -0.39 is 0 Å². The molecule has 1 saturated heterocycles. The fourth-order valence-corrected chi connectivity index (χ4v) is 2.77. The van der Waals surface area contributed by atoms with Crippen molar-refractivity contribution in [2.24, 2.45) is 0 Å². The van der Waals surface area contributed by atoms with E-state index in [1.165, 1.54) is 16.7 Å². The molecule has 0 aliphatic carbocycles. The first kappa shape index (κ1) is 13.3. The first-order valence-corrected chi connectivity index (χ1v) is 7.03. The average molecular weight is 272 g/mol. The highest BCUT2D eigenvalue weighted by Crippen LogP contribution is 2.26. The van der Waals surface area contributed by atoms with Crippen molar-refractivity contribution < 1.29 is 9.26 Å². The molecule has 2 aromatic rings. The Bertz CT molecular complexity index is 566. The van der Waals surface area contributed by atoms with Crippen LogP contribution in [-0.4, -0.2) is 29.8 Å². The predicted molar refractivity (Wildman–Crippen MR) is 76.4 cm³/mol. The molecule has 1 aliphatic rings. The van der Waals surface area contributed by atoms with Crippen LogP contribution >= 0.6 is 0 Å². The Morgan fingerprint density at radius 1 is 1.30 bits per heavy atom. The minimum Gasteiger partial charge on any atom is -0.371 e. The lowest BCUT2D eigenvalue weighted by Crippen LogP contribution is -2.37. The van der Waals surface area contributed by atoms with Crippen molar-refractivity contribution in [2.75, 3.05) is 19.7 Å². The van der Waals surface area contributed by atoms with Crippen molar-refractivity contribution >= 4 is 0 Å². The van der Waals surface area contributed by atoms with Crippen molar-refractivity contribution in [3.8, 4) is 0 Å². The van der Waals surface area contributed by atoms with Crippen molar-refractivity contribution in [2.45, 2.75) is 26.5 Å². The van der Waals surface area contributed by atoms with Gasteiger partial charge in [-0.3, -0.25) is 4.90 Å². The van der Waals surface area contributed by atoms with Gasteiger partial charge in [-0.25, -0.2) is 0 Å². The van der Waals surface area contributed by atoms with Gasteiger partial charge >= 0.3 is 0 Å². The van der Waals surface area contributed by atoms with E-state index in [2.05, 4.69) is 42.1 Å². The average Bonchev–Trinajstić information content (AvgIpc) is 2.92. The molecular formula is C16H20N2O2. The van der Waals surface area contributed by atoms with Crippen LogP contribution < -0.4 is 0 Å². The van der Waals surface area contributed by atoms with Crippen LogP contribution in [0.15, 0.2) is 35.0 Å². The van der Waals surface area contributed by atoms with E-state index in [0.29, 0.717) is 0 Å². The highest BCUT2D eigenvalue weighted by molar-refractivity contribution is 5.32. The maximum Gasteiger partial charge on any atom is 0.150 e. The quantitative estimate of drug-likeness (QED) is 0.861. The lowest BCUT2D eigenvalue weighted by atomic mass is 10.00. The van der Waals surface area contributed by atoms with Gasteiger partial charge in [0.25, 0.3) is 0 Å². The van der Waals surface area contributed by atoms with Crippen molar-refractivity contribution in [1.82, 2.24) is 10.1 Å². The number of nitrogens with zero attached hydrogens (tertiary/aromatic N) is 2. The maximum atomic E-state index is 5.95. The van der Waals surface area contributed by atoms with Gasteiger partial charge in [0.05, 0.1) is 25.5 Å². The van der Waals surface area contributed by atoms with Crippen molar-refractivity contribution in [3.05, 3.63) is 52.9 Å². The molecule has 1 fully saturated rings. The highest BCUT2D eigenvalue weighted by atomic mass is 16.5. The van der Waals surface area contributed by atoms with Crippen LogP contribution in [0.3, 0.4) is 0 Å². The first-order chi connectivity index (χ1) is 9.72. The summed E-state index contributed by atoms with van der Waals surface area (Å²) in [6, 6.07) is 8.48. The van der Waals surface area contributed by atoms with Crippen molar-refractivity contribution in [3.63, 3.8) is 0 Å². The second kappa shape index (κ2) is 5.77. The summed E-state index contributed by atoms with van der Waals surface area (Å²) >= 11 is 0. The predicted octanol–water partition coefficient (Wildman–Crippen LogP) is 2.86. The Kier molecular flexibility index (Phi) is 3.85. The van der Waals surface area contributed by atoms with Gasteiger partial charge < -0.3 is 9.26 Å². The molecule has 0 saturated carbocycles. The Balaban J connectivity index is 1.71. The molecule has 3 rings (SSSR count). The topological polar surface area (TPSA) is 38.5 Å². The van der Waals surface area contributed by atoms with Gasteiger partial charge in [0.2, 0.25) is 0 Å². The lowest BCUT2D eigenvalue weighted by molar-refractivity contribution is -0.0353. The third-order valence-corrected chi connectivity index (χ3v) is 3.79. The van der Waals surface area contributed by atoms with E-state index in [-0.39, 0.29) is 6.10 Å². The zero-order chi connectivity index (χ0) is 13.9. The lowest BCUT2D eigenvalue weighted by Gasteiger charge is -2.33. The monoisotopic (exact) mass is 272 g/mol. The molecule has 0 bridgehead atoms. The maximum absolute atomic E-state index is 5.95. The summed E-state index contributed by atoms with van der Waals surface area (Å²) in [6.45, 7) is 7.65. The zero-order valence-corrected chi connectivity index (χ0v) is 12.0. The normalized spacial score (nSPS) is 20.2. The molecule has 1 unspecified atom stereocenters. The SMILES string of the molecule is Cc1ccc(C2CN(Cc3ccno3)CCO2)c(C)c1. The number of ether oxygens (including phenoxy) is 1. The third kappa shape index (κ3) is 2.92. The summed E-state index contributed by atoms with van der Waals surface area (Å²) in [6.07, 6.45) is 1.84. The molecule has 0 radical (unpaired) electrons. The fraction of sp³-hybridized carbons (Fsp3) is 0.438. The third-order valence-electron chi connectivity index (χ3n) is 3.79. The number of benzene rings is 1. The van der Waals surface area contributed by atoms with Crippen LogP contribution in [0.1, 0.15) is 28.6 Å². The molecule has 4 heteroatoms. The molecule has 0 N–H and O–H groups in total. The highest BCUT2D eigenvalue weighted by Gasteiger charge is 2.23. The van der Waals surface area contributed by atoms with Gasteiger partial charge in [0.1, 0.15) is 0 Å². The molecule has 1 aliphatic heterocycles. The second-order valence-electron chi connectivity index (χ2n) is 5.43. The molecule has 0 spiro atoms. The fourth-order valence-electron chi connectivity index (χ4n) is 2.77. The van der Waals surface area contributed by atoms with Crippen LogP contribution in [0, 0.1) is 13.8 Å². The summed E-state index contributed by atoms with van der Waals surface area (Å²) in [5.41, 5.74) is 3.88. The standard InChI is InChI=1S/C16H20N2O2/c1-12-3-4-15(13(2)9-12)16-11-18(7-8-19-16)10-14-5-6-17-20-14/h3-6,9,16H,7-8,10-11H2,1-2H3. The number of hydrogen-bond acceptors (Lipinski definition) is 4. The summed E-state index contributed by atoms with van der Waals surface area (Å²) in [4.78, 5) is 2.36. The Morgan fingerprint density at radius 3 is 2.95 bits per heavy atom. The van der Waals surface area contributed by atoms with Crippen LogP contribution in [0.4, 0.5) is 0 Å². The van der Waals surface area contributed by atoms with E-state index in [9.17, 15) is 0 Å². The number of aromatic nitrogens is 1. The number of aryl methyl sites for hydroxylation is 2. The van der Waals surface area contributed by atoms with E-state index in [1.807, 2.05) is 6.07 Å². The number of rotatable bonds is 3. The Labute approximate surface area is 119 Å².